The van der Waals surface area contributed by atoms with Crippen molar-refractivity contribution >= 4 is 0 Å². The van der Waals surface area contributed by atoms with Gasteiger partial charge in [0.15, 0.2) is 0 Å². The SMILES string of the molecule is CCNC(CCCOCC)CC1CCC1. The monoisotopic (exact) mass is 213 g/mol. The van der Waals surface area contributed by atoms with Crippen molar-refractivity contribution in [3.05, 3.63) is 0 Å². The van der Waals surface area contributed by atoms with E-state index in [2.05, 4.69) is 19.2 Å². The molecule has 0 bridgehead atoms. The minimum atomic E-state index is 0.737. The number of hydrogen-bond acceptors (Lipinski definition) is 2. The molecule has 1 aliphatic carbocycles. The van der Waals surface area contributed by atoms with E-state index in [1.54, 1.807) is 0 Å². The standard InChI is InChI=1S/C13H27NO/c1-3-14-13(9-6-10-15-4-2)11-12-7-5-8-12/h12-14H,3-11H2,1-2H3. The first-order chi connectivity index (χ1) is 7.36. The maximum atomic E-state index is 5.38. The van der Waals surface area contributed by atoms with E-state index in [-0.39, 0.29) is 0 Å². The van der Waals surface area contributed by atoms with Gasteiger partial charge in [-0.1, -0.05) is 26.2 Å². The lowest BCUT2D eigenvalue weighted by molar-refractivity contribution is 0.138. The summed E-state index contributed by atoms with van der Waals surface area (Å²) in [6, 6.07) is 0.737. The maximum absolute atomic E-state index is 5.38. The van der Waals surface area contributed by atoms with Gasteiger partial charge in [-0.2, -0.15) is 0 Å². The first-order valence-corrected chi connectivity index (χ1v) is 6.68. The van der Waals surface area contributed by atoms with Crippen LogP contribution in [0.2, 0.25) is 0 Å². The molecule has 1 saturated carbocycles. The normalized spacial score (nSPS) is 18.8. The van der Waals surface area contributed by atoms with Crippen LogP contribution in [0.5, 0.6) is 0 Å². The Morgan fingerprint density at radius 2 is 2.13 bits per heavy atom. The van der Waals surface area contributed by atoms with Crippen molar-refractivity contribution in [2.75, 3.05) is 19.8 Å². The molecule has 1 atom stereocenters. The Morgan fingerprint density at radius 1 is 1.33 bits per heavy atom. The first kappa shape index (κ1) is 13.0. The van der Waals surface area contributed by atoms with Gasteiger partial charge in [-0.05, 0) is 38.6 Å². The van der Waals surface area contributed by atoms with Crippen molar-refractivity contribution in [3.8, 4) is 0 Å². The first-order valence-electron chi connectivity index (χ1n) is 6.68. The van der Waals surface area contributed by atoms with Gasteiger partial charge in [0.05, 0.1) is 0 Å². The van der Waals surface area contributed by atoms with Gasteiger partial charge in [-0.25, -0.2) is 0 Å². The molecule has 1 N–H and O–H groups in total. The van der Waals surface area contributed by atoms with E-state index in [4.69, 9.17) is 4.74 Å². The van der Waals surface area contributed by atoms with E-state index in [1.807, 2.05) is 0 Å². The molecular formula is C13H27NO. The zero-order chi connectivity index (χ0) is 10.9. The molecule has 1 aliphatic rings. The Bertz CT molecular complexity index is 145. The van der Waals surface area contributed by atoms with Crippen LogP contribution >= 0.6 is 0 Å². The van der Waals surface area contributed by atoms with Crippen LogP contribution in [0.1, 0.15) is 52.4 Å². The highest BCUT2D eigenvalue weighted by Gasteiger charge is 2.21. The van der Waals surface area contributed by atoms with Gasteiger partial charge in [0.25, 0.3) is 0 Å². The molecule has 1 rings (SSSR count). The molecule has 0 heterocycles. The third-order valence-corrected chi connectivity index (χ3v) is 3.38. The molecule has 1 unspecified atom stereocenters. The molecule has 0 spiro atoms. The van der Waals surface area contributed by atoms with Crippen LogP contribution in [0, 0.1) is 5.92 Å². The molecule has 0 aliphatic heterocycles. The fourth-order valence-electron chi connectivity index (χ4n) is 2.30. The van der Waals surface area contributed by atoms with Gasteiger partial charge in [-0.15, -0.1) is 0 Å². The highest BCUT2D eigenvalue weighted by atomic mass is 16.5. The lowest BCUT2D eigenvalue weighted by atomic mass is 9.80. The van der Waals surface area contributed by atoms with Crippen LogP contribution in [0.3, 0.4) is 0 Å². The van der Waals surface area contributed by atoms with Gasteiger partial charge in [0.1, 0.15) is 0 Å². The van der Waals surface area contributed by atoms with Gasteiger partial charge in [-0.3, -0.25) is 0 Å². The molecular weight excluding hydrogens is 186 g/mol. The van der Waals surface area contributed by atoms with E-state index >= 15 is 0 Å². The fourth-order valence-corrected chi connectivity index (χ4v) is 2.30. The second-order valence-electron chi connectivity index (χ2n) is 4.63. The van der Waals surface area contributed by atoms with E-state index in [9.17, 15) is 0 Å². The number of hydrogen-bond donors (Lipinski definition) is 1. The van der Waals surface area contributed by atoms with E-state index in [0.29, 0.717) is 0 Å². The molecule has 1 fully saturated rings. The Hall–Kier alpha value is -0.0800. The molecule has 0 aromatic rings. The highest BCUT2D eigenvalue weighted by molar-refractivity contribution is 4.77. The Morgan fingerprint density at radius 3 is 2.67 bits per heavy atom. The quantitative estimate of drug-likeness (QED) is 0.595. The number of rotatable bonds is 9. The molecule has 0 radical (unpaired) electrons. The molecule has 0 saturated heterocycles. The predicted octanol–water partition coefficient (Wildman–Crippen LogP) is 2.97. The lowest BCUT2D eigenvalue weighted by Crippen LogP contribution is -2.33. The predicted molar refractivity (Wildman–Crippen MR) is 65.1 cm³/mol. The second-order valence-corrected chi connectivity index (χ2v) is 4.63. The van der Waals surface area contributed by atoms with Crippen LogP contribution in [0.25, 0.3) is 0 Å². The van der Waals surface area contributed by atoms with E-state index in [0.717, 1.165) is 31.7 Å². The molecule has 15 heavy (non-hydrogen) atoms. The van der Waals surface area contributed by atoms with Crippen LogP contribution in [-0.2, 0) is 4.74 Å². The van der Waals surface area contributed by atoms with Crippen molar-refractivity contribution in [3.63, 3.8) is 0 Å². The van der Waals surface area contributed by atoms with Gasteiger partial charge in [0, 0.05) is 19.3 Å². The molecule has 2 heteroatoms. The summed E-state index contributed by atoms with van der Waals surface area (Å²) in [5.41, 5.74) is 0. The smallest absolute Gasteiger partial charge is 0.0466 e. The summed E-state index contributed by atoms with van der Waals surface area (Å²) in [6.45, 7) is 7.16. The van der Waals surface area contributed by atoms with Crippen molar-refractivity contribution in [1.29, 1.82) is 0 Å². The number of ether oxygens (including phenoxy) is 1. The van der Waals surface area contributed by atoms with Crippen molar-refractivity contribution < 1.29 is 4.74 Å². The summed E-state index contributed by atoms with van der Waals surface area (Å²) in [5.74, 6) is 1.01. The molecule has 2 nitrogen and oxygen atoms in total. The Labute approximate surface area is 94.8 Å². The number of nitrogens with one attached hydrogen (secondary N) is 1. The van der Waals surface area contributed by atoms with Gasteiger partial charge in [0.2, 0.25) is 0 Å². The van der Waals surface area contributed by atoms with Gasteiger partial charge >= 0.3 is 0 Å². The molecule has 0 aromatic heterocycles. The third kappa shape index (κ3) is 5.53. The summed E-state index contributed by atoms with van der Waals surface area (Å²) in [7, 11) is 0. The van der Waals surface area contributed by atoms with Crippen molar-refractivity contribution in [2.45, 2.75) is 58.4 Å². The average Bonchev–Trinajstić information content (AvgIpc) is 2.18. The topological polar surface area (TPSA) is 21.3 Å². The van der Waals surface area contributed by atoms with Gasteiger partial charge < -0.3 is 10.1 Å². The Balaban J connectivity index is 2.05. The molecule has 90 valence electrons. The third-order valence-electron chi connectivity index (χ3n) is 3.38. The largest absolute Gasteiger partial charge is 0.382 e. The Kier molecular flexibility index (Phi) is 7.03. The molecule has 0 aromatic carbocycles. The second kappa shape index (κ2) is 8.12. The molecule has 0 amide bonds. The highest BCUT2D eigenvalue weighted by Crippen LogP contribution is 2.31. The minimum absolute atomic E-state index is 0.737. The summed E-state index contributed by atoms with van der Waals surface area (Å²) in [6.07, 6.45) is 8.27. The zero-order valence-electron chi connectivity index (χ0n) is 10.4. The van der Waals surface area contributed by atoms with Crippen LogP contribution in [0.15, 0.2) is 0 Å². The summed E-state index contributed by atoms with van der Waals surface area (Å²) in [5, 5.41) is 3.60. The minimum Gasteiger partial charge on any atom is -0.382 e. The average molecular weight is 213 g/mol. The van der Waals surface area contributed by atoms with Crippen LogP contribution in [0.4, 0.5) is 0 Å². The fraction of sp³-hybridized carbons (Fsp3) is 1.00. The summed E-state index contributed by atoms with van der Waals surface area (Å²) >= 11 is 0. The van der Waals surface area contributed by atoms with Crippen molar-refractivity contribution in [1.82, 2.24) is 5.32 Å². The van der Waals surface area contributed by atoms with E-state index < -0.39 is 0 Å². The van der Waals surface area contributed by atoms with Crippen molar-refractivity contribution in [2.24, 2.45) is 5.92 Å². The van der Waals surface area contributed by atoms with Crippen LogP contribution < -0.4 is 5.32 Å². The van der Waals surface area contributed by atoms with E-state index in [1.165, 1.54) is 38.5 Å². The lowest BCUT2D eigenvalue weighted by Gasteiger charge is -2.30. The zero-order valence-corrected chi connectivity index (χ0v) is 10.4. The summed E-state index contributed by atoms with van der Waals surface area (Å²) < 4.78 is 5.38. The van der Waals surface area contributed by atoms with Crippen LogP contribution in [-0.4, -0.2) is 25.8 Å². The maximum Gasteiger partial charge on any atom is 0.0466 e. The summed E-state index contributed by atoms with van der Waals surface area (Å²) in [4.78, 5) is 0.